The molecule has 4 unspecified atom stereocenters. The molecular formula is C30H37N11O3. The summed E-state index contributed by atoms with van der Waals surface area (Å²) in [6, 6.07) is 14.4. The first kappa shape index (κ1) is 29.3. The van der Waals surface area contributed by atoms with Crippen LogP contribution < -0.4 is 43.4 Å². The van der Waals surface area contributed by atoms with E-state index in [0.29, 0.717) is 79.0 Å². The lowest BCUT2D eigenvalue weighted by atomic mass is 10.0. The molecule has 230 valence electrons. The van der Waals surface area contributed by atoms with Crippen molar-refractivity contribution in [2.75, 3.05) is 46.6 Å². The van der Waals surface area contributed by atoms with Gasteiger partial charge in [0.25, 0.3) is 5.91 Å². The van der Waals surface area contributed by atoms with Gasteiger partial charge in [-0.05, 0) is 54.6 Å². The zero-order valence-corrected chi connectivity index (χ0v) is 24.1. The van der Waals surface area contributed by atoms with Gasteiger partial charge < -0.3 is 53.6 Å². The van der Waals surface area contributed by atoms with Gasteiger partial charge in [0.05, 0.1) is 5.56 Å². The number of amides is 1. The molecule has 0 spiro atoms. The van der Waals surface area contributed by atoms with Gasteiger partial charge in [0, 0.05) is 67.1 Å². The van der Waals surface area contributed by atoms with E-state index in [2.05, 4.69) is 10.6 Å². The van der Waals surface area contributed by atoms with Crippen LogP contribution in [0, 0.1) is 0 Å². The number of hydrogen-bond acceptors (Lipinski definition) is 13. The van der Waals surface area contributed by atoms with Gasteiger partial charge in [-0.15, -0.1) is 0 Å². The van der Waals surface area contributed by atoms with Crippen molar-refractivity contribution in [3.8, 4) is 11.5 Å². The standard InChI is InChI=1S/C30H37N11O3/c31-17-8-18(32)13-40(12-17)29-37-28(38-30(39-29)41-14-19(33)9-20(34)15-41)36-22-5-2-4-21(10-22)35-27(44)24-7-16-3-1-6-25(42)23(16)11-26(24)43/h1-7,10-11,17-20,42-43H,8-9,12-15,31-34H2,(H,35,44)(H,36,37,38,39). The minimum absolute atomic E-state index is 0.0186. The molecule has 2 aliphatic heterocycles. The van der Waals surface area contributed by atoms with Crippen molar-refractivity contribution >= 4 is 45.9 Å². The van der Waals surface area contributed by atoms with Crippen molar-refractivity contribution in [2.24, 2.45) is 22.9 Å². The number of hydrogen-bond donors (Lipinski definition) is 8. The highest BCUT2D eigenvalue weighted by Crippen LogP contribution is 2.32. The van der Waals surface area contributed by atoms with Gasteiger partial charge in [-0.25, -0.2) is 0 Å². The Morgan fingerprint density at radius 1 is 0.727 bits per heavy atom. The summed E-state index contributed by atoms with van der Waals surface area (Å²) in [5.74, 6) is 0.442. The largest absolute Gasteiger partial charge is 0.507 e. The van der Waals surface area contributed by atoms with E-state index < -0.39 is 5.91 Å². The number of phenols is 2. The minimum Gasteiger partial charge on any atom is -0.507 e. The van der Waals surface area contributed by atoms with E-state index in [0.717, 1.165) is 0 Å². The van der Waals surface area contributed by atoms with E-state index in [9.17, 15) is 15.0 Å². The van der Waals surface area contributed by atoms with E-state index in [1.807, 2.05) is 15.9 Å². The summed E-state index contributed by atoms with van der Waals surface area (Å²) in [5.41, 5.74) is 26.2. The quantitative estimate of drug-likeness (QED) is 0.156. The predicted octanol–water partition coefficient (Wildman–Crippen LogP) is 1.16. The third-order valence-electron chi connectivity index (χ3n) is 7.80. The van der Waals surface area contributed by atoms with E-state index in [1.165, 1.54) is 18.2 Å². The van der Waals surface area contributed by atoms with Crippen LogP contribution in [0.1, 0.15) is 23.2 Å². The topological polar surface area (TPSA) is 231 Å². The van der Waals surface area contributed by atoms with E-state index >= 15 is 0 Å². The molecule has 4 atom stereocenters. The molecule has 0 saturated carbocycles. The first-order valence-corrected chi connectivity index (χ1v) is 14.5. The summed E-state index contributed by atoms with van der Waals surface area (Å²) in [7, 11) is 0. The maximum absolute atomic E-state index is 13.1. The van der Waals surface area contributed by atoms with Crippen molar-refractivity contribution in [3.63, 3.8) is 0 Å². The van der Waals surface area contributed by atoms with Crippen LogP contribution in [0.15, 0.2) is 54.6 Å². The fourth-order valence-electron chi connectivity index (χ4n) is 5.86. The van der Waals surface area contributed by atoms with Crippen LogP contribution in [0.3, 0.4) is 0 Å². The van der Waals surface area contributed by atoms with Crippen molar-refractivity contribution in [3.05, 3.63) is 60.2 Å². The first-order chi connectivity index (χ1) is 21.1. The number of aromatic nitrogens is 3. The first-order valence-electron chi connectivity index (χ1n) is 14.5. The molecule has 0 bridgehead atoms. The average molecular weight is 600 g/mol. The molecule has 3 aromatic carbocycles. The minimum atomic E-state index is -0.509. The Balaban J connectivity index is 1.26. The third-order valence-corrected chi connectivity index (χ3v) is 7.80. The zero-order valence-electron chi connectivity index (χ0n) is 24.1. The highest BCUT2D eigenvalue weighted by molar-refractivity contribution is 6.09. The Kier molecular flexibility index (Phi) is 8.05. The number of carbonyl (C=O) groups is 1. The second-order valence-corrected chi connectivity index (χ2v) is 11.6. The molecule has 0 radical (unpaired) electrons. The maximum atomic E-state index is 13.1. The molecule has 1 aromatic heterocycles. The number of phenolic OH excluding ortho intramolecular Hbond substituents is 2. The van der Waals surface area contributed by atoms with Crippen LogP contribution in [-0.4, -0.2) is 81.4 Å². The van der Waals surface area contributed by atoms with Crippen molar-refractivity contribution in [2.45, 2.75) is 37.0 Å². The second kappa shape index (κ2) is 12.1. The molecule has 6 rings (SSSR count). The number of benzene rings is 3. The summed E-state index contributed by atoms with van der Waals surface area (Å²) in [6.07, 6.45) is 1.43. The molecule has 2 aliphatic rings. The van der Waals surface area contributed by atoms with Crippen LogP contribution in [0.25, 0.3) is 10.8 Å². The van der Waals surface area contributed by atoms with Gasteiger partial charge in [-0.3, -0.25) is 4.79 Å². The van der Waals surface area contributed by atoms with Crippen LogP contribution >= 0.6 is 0 Å². The lowest BCUT2D eigenvalue weighted by Crippen LogP contribution is -2.54. The average Bonchev–Trinajstić information content (AvgIpc) is 2.96. The Morgan fingerprint density at radius 2 is 1.30 bits per heavy atom. The number of nitrogens with two attached hydrogens (primary N) is 4. The van der Waals surface area contributed by atoms with Gasteiger partial charge in [-0.1, -0.05) is 18.2 Å². The normalized spacial score (nSPS) is 22.2. The number of aromatic hydroxyl groups is 2. The predicted molar refractivity (Wildman–Crippen MR) is 170 cm³/mol. The molecule has 1 amide bonds. The molecule has 0 aliphatic carbocycles. The van der Waals surface area contributed by atoms with Gasteiger partial charge >= 0.3 is 0 Å². The number of carbonyl (C=O) groups excluding carboxylic acids is 1. The Morgan fingerprint density at radius 3 is 1.91 bits per heavy atom. The number of piperidine rings is 2. The molecule has 2 fully saturated rings. The van der Waals surface area contributed by atoms with Crippen LogP contribution in [0.4, 0.5) is 29.2 Å². The van der Waals surface area contributed by atoms with Gasteiger partial charge in [0.1, 0.15) is 11.5 Å². The monoisotopic (exact) mass is 599 g/mol. The van der Waals surface area contributed by atoms with E-state index in [1.54, 1.807) is 30.3 Å². The van der Waals surface area contributed by atoms with Crippen molar-refractivity contribution in [1.29, 1.82) is 0 Å². The van der Waals surface area contributed by atoms with Crippen LogP contribution in [0.2, 0.25) is 0 Å². The molecule has 14 heteroatoms. The fourth-order valence-corrected chi connectivity index (χ4v) is 5.86. The van der Waals surface area contributed by atoms with Gasteiger partial charge in [0.2, 0.25) is 17.8 Å². The molecule has 3 heterocycles. The van der Waals surface area contributed by atoms with Crippen LogP contribution in [-0.2, 0) is 0 Å². The van der Waals surface area contributed by atoms with E-state index in [-0.39, 0.29) is 41.2 Å². The summed E-state index contributed by atoms with van der Waals surface area (Å²) >= 11 is 0. The zero-order chi connectivity index (χ0) is 31.0. The molecule has 4 aromatic rings. The molecule has 12 N–H and O–H groups in total. The second-order valence-electron chi connectivity index (χ2n) is 11.6. The maximum Gasteiger partial charge on any atom is 0.259 e. The fraction of sp³-hybridized carbons (Fsp3) is 0.333. The lowest BCUT2D eigenvalue weighted by Gasteiger charge is -2.37. The number of nitrogens with one attached hydrogen (secondary N) is 2. The Bertz CT molecular complexity index is 1620. The van der Waals surface area contributed by atoms with Gasteiger partial charge in [0.15, 0.2) is 0 Å². The third kappa shape index (κ3) is 6.43. The molecule has 14 nitrogen and oxygen atoms in total. The molecule has 2 saturated heterocycles. The number of nitrogens with zero attached hydrogens (tertiary/aromatic N) is 5. The molecule has 44 heavy (non-hydrogen) atoms. The summed E-state index contributed by atoms with van der Waals surface area (Å²) in [4.78, 5) is 31.2. The number of rotatable bonds is 6. The number of anilines is 5. The highest BCUT2D eigenvalue weighted by atomic mass is 16.3. The summed E-state index contributed by atoms with van der Waals surface area (Å²) in [5, 5.41) is 27.7. The van der Waals surface area contributed by atoms with Crippen molar-refractivity contribution < 1.29 is 15.0 Å². The molecular weight excluding hydrogens is 562 g/mol. The van der Waals surface area contributed by atoms with Crippen LogP contribution in [0.5, 0.6) is 11.5 Å². The lowest BCUT2D eigenvalue weighted by molar-refractivity contribution is 0.102. The summed E-state index contributed by atoms with van der Waals surface area (Å²) < 4.78 is 0. The van der Waals surface area contributed by atoms with Crippen molar-refractivity contribution in [1.82, 2.24) is 15.0 Å². The van der Waals surface area contributed by atoms with E-state index in [4.69, 9.17) is 37.9 Å². The smallest absolute Gasteiger partial charge is 0.259 e. The Hall–Kier alpha value is -4.76. The Labute approximate surface area is 254 Å². The van der Waals surface area contributed by atoms with Gasteiger partial charge in [-0.2, -0.15) is 15.0 Å². The number of fused-ring (bicyclic) bond motifs is 1. The highest BCUT2D eigenvalue weighted by Gasteiger charge is 2.29. The SMILES string of the molecule is NC1CC(N)CN(c2nc(Nc3cccc(NC(=O)c4cc5cccc(O)c5cc4O)c3)nc(N3CC(N)CC(N)C3)n2)C1. The summed E-state index contributed by atoms with van der Waals surface area (Å²) in [6.45, 7) is 2.22.